The minimum atomic E-state index is -2.94. The third kappa shape index (κ3) is 3.23. The van der Waals surface area contributed by atoms with Crippen molar-refractivity contribution in [2.24, 2.45) is 0 Å². The molecule has 0 aromatic heterocycles. The van der Waals surface area contributed by atoms with Gasteiger partial charge in [-0.1, -0.05) is 12.1 Å². The van der Waals surface area contributed by atoms with Crippen molar-refractivity contribution in [3.8, 4) is 0 Å². The lowest BCUT2D eigenvalue weighted by Gasteiger charge is -2.27. The standard InChI is InChI=1S/C12H17NO2S/c1-16(14,15)9-10-4-2-7-12(8-10)13-11-5-3-6-11/h2,4,7-8,11,13H,3,5-6,9H2,1H3. The first-order chi connectivity index (χ1) is 7.53. The summed E-state index contributed by atoms with van der Waals surface area (Å²) in [5.74, 6) is 0.118. The maximum Gasteiger partial charge on any atom is 0.151 e. The zero-order valence-corrected chi connectivity index (χ0v) is 10.3. The Morgan fingerprint density at radius 1 is 1.38 bits per heavy atom. The second-order valence-corrected chi connectivity index (χ2v) is 6.68. The monoisotopic (exact) mass is 239 g/mol. The molecule has 1 aliphatic rings. The van der Waals surface area contributed by atoms with Gasteiger partial charge in [-0.3, -0.25) is 0 Å². The van der Waals surface area contributed by atoms with Crippen LogP contribution in [-0.4, -0.2) is 20.7 Å². The summed E-state index contributed by atoms with van der Waals surface area (Å²) in [5, 5.41) is 3.41. The zero-order chi connectivity index (χ0) is 11.6. The summed E-state index contributed by atoms with van der Waals surface area (Å²) in [6.45, 7) is 0. The molecule has 16 heavy (non-hydrogen) atoms. The molecule has 88 valence electrons. The van der Waals surface area contributed by atoms with Gasteiger partial charge in [-0.2, -0.15) is 0 Å². The third-order valence-corrected chi connectivity index (χ3v) is 3.69. The average molecular weight is 239 g/mol. The van der Waals surface area contributed by atoms with Gasteiger partial charge in [0.05, 0.1) is 5.75 Å². The Morgan fingerprint density at radius 2 is 2.12 bits per heavy atom. The number of hydrogen-bond donors (Lipinski definition) is 1. The van der Waals surface area contributed by atoms with Crippen LogP contribution in [0.2, 0.25) is 0 Å². The van der Waals surface area contributed by atoms with Crippen molar-refractivity contribution in [3.63, 3.8) is 0 Å². The second kappa shape index (κ2) is 4.45. The Labute approximate surface area is 96.8 Å². The van der Waals surface area contributed by atoms with E-state index >= 15 is 0 Å². The molecular weight excluding hydrogens is 222 g/mol. The molecule has 1 saturated carbocycles. The summed E-state index contributed by atoms with van der Waals surface area (Å²) in [5.41, 5.74) is 1.89. The van der Waals surface area contributed by atoms with Gasteiger partial charge in [0.25, 0.3) is 0 Å². The fourth-order valence-electron chi connectivity index (χ4n) is 1.84. The molecule has 1 aromatic rings. The maximum atomic E-state index is 11.2. The number of sulfone groups is 1. The van der Waals surface area contributed by atoms with Crippen LogP contribution >= 0.6 is 0 Å². The van der Waals surface area contributed by atoms with Crippen molar-refractivity contribution < 1.29 is 8.42 Å². The summed E-state index contributed by atoms with van der Waals surface area (Å²) in [4.78, 5) is 0. The minimum absolute atomic E-state index is 0.118. The molecule has 4 heteroatoms. The molecule has 0 unspecified atom stereocenters. The molecule has 1 aliphatic carbocycles. The highest BCUT2D eigenvalue weighted by atomic mass is 32.2. The van der Waals surface area contributed by atoms with E-state index in [0.29, 0.717) is 6.04 Å². The van der Waals surface area contributed by atoms with Crippen LogP contribution in [0.1, 0.15) is 24.8 Å². The van der Waals surface area contributed by atoms with Crippen LogP contribution in [0.15, 0.2) is 24.3 Å². The number of benzene rings is 1. The molecule has 0 heterocycles. The Bertz CT molecular complexity index is 464. The van der Waals surface area contributed by atoms with Crippen molar-refractivity contribution in [2.45, 2.75) is 31.1 Å². The van der Waals surface area contributed by atoms with Crippen molar-refractivity contribution in [1.29, 1.82) is 0 Å². The van der Waals surface area contributed by atoms with E-state index in [-0.39, 0.29) is 5.75 Å². The molecular formula is C12H17NO2S. The normalized spacial score (nSPS) is 16.8. The SMILES string of the molecule is CS(=O)(=O)Cc1cccc(NC2CCC2)c1. The lowest BCUT2D eigenvalue weighted by atomic mass is 9.93. The van der Waals surface area contributed by atoms with E-state index in [1.54, 1.807) is 0 Å². The van der Waals surface area contributed by atoms with Crippen LogP contribution in [0, 0.1) is 0 Å². The van der Waals surface area contributed by atoms with Crippen molar-refractivity contribution in [1.82, 2.24) is 0 Å². The van der Waals surface area contributed by atoms with Crippen LogP contribution in [0.3, 0.4) is 0 Å². The zero-order valence-electron chi connectivity index (χ0n) is 9.44. The van der Waals surface area contributed by atoms with Gasteiger partial charge < -0.3 is 5.32 Å². The first-order valence-corrected chi connectivity index (χ1v) is 7.62. The first kappa shape index (κ1) is 11.5. The van der Waals surface area contributed by atoms with Crippen LogP contribution in [-0.2, 0) is 15.6 Å². The molecule has 0 amide bonds. The fourth-order valence-corrected chi connectivity index (χ4v) is 2.63. The highest BCUT2D eigenvalue weighted by Gasteiger charge is 2.16. The number of rotatable bonds is 4. The summed E-state index contributed by atoms with van der Waals surface area (Å²) < 4.78 is 22.4. The van der Waals surface area contributed by atoms with Crippen molar-refractivity contribution >= 4 is 15.5 Å². The molecule has 0 radical (unpaired) electrons. The molecule has 0 aliphatic heterocycles. The van der Waals surface area contributed by atoms with Gasteiger partial charge in [0.15, 0.2) is 9.84 Å². The predicted molar refractivity (Wildman–Crippen MR) is 66.3 cm³/mol. The molecule has 1 fully saturated rings. The molecule has 1 N–H and O–H groups in total. The Balaban J connectivity index is 2.06. The summed E-state index contributed by atoms with van der Waals surface area (Å²) in [6.07, 6.45) is 4.99. The second-order valence-electron chi connectivity index (χ2n) is 4.54. The quantitative estimate of drug-likeness (QED) is 0.876. The molecule has 1 aromatic carbocycles. The van der Waals surface area contributed by atoms with Gasteiger partial charge in [-0.25, -0.2) is 8.42 Å². The van der Waals surface area contributed by atoms with Crippen molar-refractivity contribution in [3.05, 3.63) is 29.8 Å². The summed E-state index contributed by atoms with van der Waals surface area (Å²) in [6, 6.07) is 8.26. The lowest BCUT2D eigenvalue weighted by Crippen LogP contribution is -2.26. The van der Waals surface area contributed by atoms with E-state index in [2.05, 4.69) is 5.32 Å². The molecule has 0 spiro atoms. The van der Waals surface area contributed by atoms with E-state index in [1.165, 1.54) is 25.5 Å². The summed E-state index contributed by atoms with van der Waals surface area (Å²) in [7, 11) is -2.94. The van der Waals surface area contributed by atoms with Crippen molar-refractivity contribution in [2.75, 3.05) is 11.6 Å². The predicted octanol–water partition coefficient (Wildman–Crippen LogP) is 2.20. The van der Waals surface area contributed by atoms with Gasteiger partial charge in [0.1, 0.15) is 0 Å². The highest BCUT2D eigenvalue weighted by Crippen LogP contribution is 2.23. The van der Waals surface area contributed by atoms with Crippen LogP contribution < -0.4 is 5.32 Å². The molecule has 3 nitrogen and oxygen atoms in total. The first-order valence-electron chi connectivity index (χ1n) is 5.56. The number of anilines is 1. The van der Waals surface area contributed by atoms with Crippen LogP contribution in [0.5, 0.6) is 0 Å². The third-order valence-electron chi connectivity index (χ3n) is 2.83. The van der Waals surface area contributed by atoms with E-state index in [0.717, 1.165) is 11.3 Å². The Kier molecular flexibility index (Phi) is 3.19. The minimum Gasteiger partial charge on any atom is -0.382 e. The van der Waals surface area contributed by atoms with Gasteiger partial charge in [-0.15, -0.1) is 0 Å². The molecule has 0 atom stereocenters. The van der Waals surface area contributed by atoms with Crippen LogP contribution in [0.25, 0.3) is 0 Å². The topological polar surface area (TPSA) is 46.2 Å². The lowest BCUT2D eigenvalue weighted by molar-refractivity contribution is 0.445. The van der Waals surface area contributed by atoms with E-state index in [1.807, 2.05) is 24.3 Å². The van der Waals surface area contributed by atoms with Crippen LogP contribution in [0.4, 0.5) is 5.69 Å². The molecule has 0 saturated heterocycles. The number of nitrogens with one attached hydrogen (secondary N) is 1. The number of hydrogen-bond acceptors (Lipinski definition) is 3. The summed E-state index contributed by atoms with van der Waals surface area (Å²) >= 11 is 0. The molecule has 0 bridgehead atoms. The Hall–Kier alpha value is -1.03. The maximum absolute atomic E-state index is 11.2. The van der Waals surface area contributed by atoms with Gasteiger partial charge >= 0.3 is 0 Å². The largest absolute Gasteiger partial charge is 0.382 e. The van der Waals surface area contributed by atoms with Gasteiger partial charge in [0, 0.05) is 18.0 Å². The highest BCUT2D eigenvalue weighted by molar-refractivity contribution is 7.89. The van der Waals surface area contributed by atoms with Gasteiger partial charge in [-0.05, 0) is 37.0 Å². The van der Waals surface area contributed by atoms with E-state index in [4.69, 9.17) is 0 Å². The smallest absolute Gasteiger partial charge is 0.151 e. The molecule has 2 rings (SSSR count). The van der Waals surface area contributed by atoms with E-state index < -0.39 is 9.84 Å². The fraction of sp³-hybridized carbons (Fsp3) is 0.500. The Morgan fingerprint density at radius 3 is 2.69 bits per heavy atom. The van der Waals surface area contributed by atoms with E-state index in [9.17, 15) is 8.42 Å². The average Bonchev–Trinajstić information content (AvgIpc) is 2.09. The van der Waals surface area contributed by atoms with Gasteiger partial charge in [0.2, 0.25) is 0 Å².